The molecule has 2 radical (unpaired) electrons. The Balaban J connectivity index is 2.00. The number of carbonyl (C=O) groups is 4. The first-order valence-electron chi connectivity index (χ1n) is 5.60. The number of hydrogen-bond acceptors (Lipinski definition) is 12. The van der Waals surface area contributed by atoms with E-state index >= 15 is 0 Å². The number of hydrogen-bond donors (Lipinski definition) is 2. The molecule has 25 heavy (non-hydrogen) atoms. The van der Waals surface area contributed by atoms with Crippen LogP contribution in [-0.2, 0) is 15.2 Å². The third kappa shape index (κ3) is 3.09. The summed E-state index contributed by atoms with van der Waals surface area (Å²) in [5.41, 5.74) is 0. The van der Waals surface area contributed by atoms with Gasteiger partial charge in [-0.2, -0.15) is 0 Å². The number of urea groups is 2. The van der Waals surface area contributed by atoms with Crippen molar-refractivity contribution in [1.82, 2.24) is 10.6 Å². The summed E-state index contributed by atoms with van der Waals surface area (Å²) in [4.78, 5) is 65.4. The molecule has 0 aromatic carbocycles. The molecule has 2 N–H and O–H groups in total. The van der Waals surface area contributed by atoms with E-state index in [2.05, 4.69) is 26.0 Å². The third-order valence-corrected chi connectivity index (χ3v) is 4.34. The van der Waals surface area contributed by atoms with Crippen LogP contribution in [0.1, 0.15) is 0 Å². The Bertz CT molecular complexity index is 703. The van der Waals surface area contributed by atoms with Crippen LogP contribution in [0.3, 0.4) is 0 Å². The fourth-order valence-corrected chi connectivity index (χ4v) is 3.03. The number of nitrogens with one attached hydrogen (secondary N) is 2. The van der Waals surface area contributed by atoms with Gasteiger partial charge in [-0.1, -0.05) is 0 Å². The number of carbonyl (C=O) groups excluding carboxylic acids is 4. The molecule has 2 rings (SSSR count). The van der Waals surface area contributed by atoms with Crippen molar-refractivity contribution >= 4 is 49.1 Å². The van der Waals surface area contributed by atoms with Gasteiger partial charge < -0.3 is 0 Å². The fraction of sp³-hybridized carbons (Fsp3) is 0.333. The van der Waals surface area contributed by atoms with Crippen molar-refractivity contribution in [3.05, 3.63) is 9.81 Å². The topological polar surface area (TPSA) is 247 Å². The number of amides is 4. The van der Waals surface area contributed by atoms with Gasteiger partial charge in [0.1, 0.15) is 0 Å². The van der Waals surface area contributed by atoms with Gasteiger partial charge in [0.2, 0.25) is 0 Å². The molecule has 2 heterocycles. The second-order valence-electron chi connectivity index (χ2n) is 3.96. The number of carboxylic acid groups (broad SMARTS) is 2. The predicted molar refractivity (Wildman–Crippen MR) is 57.4 cm³/mol. The molecule has 0 saturated carbocycles. The summed E-state index contributed by atoms with van der Waals surface area (Å²) in [5, 5.41) is 36.2. The van der Waals surface area contributed by atoms with Crippen molar-refractivity contribution < 1.29 is 44.8 Å². The Hall–Kier alpha value is -3.20. The summed E-state index contributed by atoms with van der Waals surface area (Å²) in [6.45, 7) is 0. The van der Waals surface area contributed by atoms with E-state index in [1.165, 1.54) is 10.6 Å². The van der Waals surface area contributed by atoms with Crippen LogP contribution in [0.15, 0.2) is 20.5 Å². The van der Waals surface area contributed by atoms with Crippen molar-refractivity contribution in [3.63, 3.8) is 0 Å². The summed E-state index contributed by atoms with van der Waals surface area (Å²) in [5.74, 6) is -10.5. The first-order valence-corrected chi connectivity index (χ1v) is 8.78. The number of rotatable bonds is 8. The Kier molecular flexibility index (Phi) is 4.62. The van der Waals surface area contributed by atoms with Crippen molar-refractivity contribution in [2.45, 2.75) is 11.6 Å². The average Bonchev–Trinajstić information content (AvgIpc) is 3.12. The molecule has 0 saturated heterocycles. The Morgan fingerprint density at radius 3 is 1.52 bits per heavy atom. The molecular weight excluding hydrogens is 551 g/mol. The van der Waals surface area contributed by atoms with Crippen molar-refractivity contribution in [2.75, 3.05) is 0 Å². The van der Waals surface area contributed by atoms with Gasteiger partial charge >= 0.3 is 146 Å². The maximum atomic E-state index is 11.6. The molecule has 0 aromatic rings. The quantitative estimate of drug-likeness (QED) is 0.214. The summed E-state index contributed by atoms with van der Waals surface area (Å²) in [6.07, 6.45) is 0. The zero-order valence-electron chi connectivity index (χ0n) is 11.3. The summed E-state index contributed by atoms with van der Waals surface area (Å²) < 4.78 is 8.68. The summed E-state index contributed by atoms with van der Waals surface area (Å²) in [7, 11) is 0. The molecule has 0 aromatic heterocycles. The Labute approximate surface area is 146 Å². The van der Waals surface area contributed by atoms with E-state index in [0.717, 1.165) is 0 Å². The van der Waals surface area contributed by atoms with Crippen molar-refractivity contribution in [2.24, 2.45) is 20.5 Å². The van der Waals surface area contributed by atoms with Gasteiger partial charge in [-0.3, -0.25) is 0 Å². The number of azo groups is 2. The van der Waals surface area contributed by atoms with Crippen LogP contribution < -0.4 is 20.8 Å². The zero-order chi connectivity index (χ0) is 18.8. The number of nitrogens with zero attached hydrogens (tertiary/aromatic N) is 6. The number of carboxylic acids is 2. The monoisotopic (exact) mass is 554 g/mol. The fourth-order valence-electron chi connectivity index (χ4n) is 1.35. The van der Waals surface area contributed by atoms with Crippen LogP contribution in [0.2, 0.25) is 0 Å². The molecule has 2 aliphatic rings. The van der Waals surface area contributed by atoms with E-state index in [1.54, 1.807) is 0 Å². The molecule has 18 nitrogen and oxygen atoms in total. The van der Waals surface area contributed by atoms with E-state index in [1.807, 2.05) is 0 Å². The molecule has 0 spiro atoms. The van der Waals surface area contributed by atoms with Crippen LogP contribution >= 0.6 is 0 Å². The molecule has 0 aliphatic carbocycles. The minimum atomic E-state index is -3.33. The number of aliphatic carboxylic acids is 2. The van der Waals surface area contributed by atoms with Crippen LogP contribution in [0, 0.1) is 9.81 Å². The molecule has 2 atom stereocenters. The van der Waals surface area contributed by atoms with E-state index in [0.29, 0.717) is 0 Å². The second-order valence-corrected chi connectivity index (χ2v) is 6.03. The van der Waals surface area contributed by atoms with E-state index in [-0.39, 0.29) is 0 Å². The molecular formula is C6H2N8O10Pb. The van der Waals surface area contributed by atoms with Crippen LogP contribution in [0.4, 0.5) is 9.59 Å². The normalized spacial score (nSPS) is 26.7. The van der Waals surface area contributed by atoms with Crippen LogP contribution in [-0.4, -0.2) is 70.6 Å². The van der Waals surface area contributed by atoms with Gasteiger partial charge in [0, 0.05) is 0 Å². The van der Waals surface area contributed by atoms with Crippen LogP contribution in [0.25, 0.3) is 0 Å². The molecule has 19 heteroatoms. The zero-order valence-corrected chi connectivity index (χ0v) is 15.2. The second kappa shape index (κ2) is 6.36. The Morgan fingerprint density at radius 1 is 0.920 bits per heavy atom. The molecule has 0 bridgehead atoms. The first kappa shape index (κ1) is 18.1. The van der Waals surface area contributed by atoms with Gasteiger partial charge in [0.05, 0.1) is 0 Å². The predicted octanol–water partition coefficient (Wildman–Crippen LogP) is -4.90. The molecule has 2 unspecified atom stereocenters. The Morgan fingerprint density at radius 2 is 1.28 bits per heavy atom. The average molecular weight is 553 g/mol. The maximum absolute atomic E-state index is 11.6. The van der Waals surface area contributed by atoms with Gasteiger partial charge in [0.25, 0.3) is 0 Å². The SMILES string of the molecule is O=C1N=NC(C(=O)[O-])([N+](=O)[O][Pb][O][N+](=O)C2(C(=O)[O-])N=NC(=O)N2)N1. The molecule has 0 fully saturated rings. The summed E-state index contributed by atoms with van der Waals surface area (Å²) in [6, 6.07) is -2.56. The van der Waals surface area contributed by atoms with Gasteiger partial charge in [-0.15, -0.1) is 0 Å². The molecule has 2 aliphatic heterocycles. The minimum absolute atomic E-state index is 0.756. The van der Waals surface area contributed by atoms with E-state index < -0.39 is 70.6 Å². The summed E-state index contributed by atoms with van der Waals surface area (Å²) >= 11 is -3.33. The standard InChI is InChI=1S/2C3H2N4O5.Pb/c2*8-1(9)3(7(11)12)4-2(10)5-6-3;/h2*(H,4,10)(H,8,9);/q;;+2/p-2. The van der Waals surface area contributed by atoms with E-state index in [4.69, 9.17) is 0 Å². The van der Waals surface area contributed by atoms with Gasteiger partial charge in [-0.25, -0.2) is 0 Å². The van der Waals surface area contributed by atoms with Gasteiger partial charge in [-0.05, 0) is 0 Å². The molecule has 4 amide bonds. The van der Waals surface area contributed by atoms with Crippen LogP contribution in [0.5, 0.6) is 0 Å². The molecule has 130 valence electrons. The van der Waals surface area contributed by atoms with E-state index in [9.17, 15) is 39.2 Å². The third-order valence-electron chi connectivity index (χ3n) is 2.47. The van der Waals surface area contributed by atoms with Crippen molar-refractivity contribution in [3.8, 4) is 0 Å². The van der Waals surface area contributed by atoms with Gasteiger partial charge in [0.15, 0.2) is 0 Å². The first-order chi connectivity index (χ1) is 11.6. The van der Waals surface area contributed by atoms with Crippen molar-refractivity contribution in [1.29, 1.82) is 0 Å².